The average Bonchev–Trinajstić information content (AvgIpc) is 2.57. The second-order valence-corrected chi connectivity index (χ2v) is 9.87. The Morgan fingerprint density at radius 1 is 1.14 bits per heavy atom. The van der Waals surface area contributed by atoms with Crippen LogP contribution in [0.15, 0.2) is 30.3 Å². The fourth-order valence-electron chi connectivity index (χ4n) is 3.09. The Morgan fingerprint density at radius 3 is 2.46 bits per heavy atom. The molecule has 1 aromatic carbocycles. The lowest BCUT2D eigenvalue weighted by atomic mass is 9.98. The average molecular weight is 414 g/mol. The Bertz CT molecular complexity index is 729. The van der Waals surface area contributed by atoms with E-state index >= 15 is 0 Å². The first-order valence-electron chi connectivity index (χ1n) is 9.54. The quantitative estimate of drug-likeness (QED) is 0.504. The van der Waals surface area contributed by atoms with Crippen LogP contribution in [-0.4, -0.2) is 57.4 Å². The maximum atomic E-state index is 12.3. The van der Waals surface area contributed by atoms with Gasteiger partial charge >= 0.3 is 6.09 Å². The van der Waals surface area contributed by atoms with Gasteiger partial charge < -0.3 is 14.4 Å². The molecule has 0 aromatic heterocycles. The summed E-state index contributed by atoms with van der Waals surface area (Å²) < 4.78 is 40.3. The van der Waals surface area contributed by atoms with Crippen LogP contribution in [0.2, 0.25) is 0 Å². The first-order valence-corrected chi connectivity index (χ1v) is 11.1. The number of piperidine rings is 1. The third-order valence-corrected chi connectivity index (χ3v) is 5.37. The normalized spacial score (nSPS) is 20.8. The molecule has 1 aliphatic heterocycles. The van der Waals surface area contributed by atoms with Gasteiger partial charge in [0.05, 0.1) is 25.9 Å². The van der Waals surface area contributed by atoms with Gasteiger partial charge in [-0.05, 0) is 38.7 Å². The number of nitrogens with zero attached hydrogens (tertiary/aromatic N) is 1. The summed E-state index contributed by atoms with van der Waals surface area (Å²) in [6, 6.07) is 8.89. The molecule has 1 aromatic rings. The van der Waals surface area contributed by atoms with Gasteiger partial charge in [0.15, 0.2) is 0 Å². The van der Waals surface area contributed by atoms with Gasteiger partial charge in [-0.3, -0.25) is 4.18 Å². The Balaban J connectivity index is 1.76. The van der Waals surface area contributed by atoms with Crippen LogP contribution in [0.3, 0.4) is 0 Å². The summed E-state index contributed by atoms with van der Waals surface area (Å²) in [5, 5.41) is 0. The topological polar surface area (TPSA) is 82.1 Å². The molecule has 0 saturated carbocycles. The van der Waals surface area contributed by atoms with E-state index in [0.29, 0.717) is 18.7 Å². The Labute approximate surface area is 168 Å². The molecule has 7 nitrogen and oxygen atoms in total. The van der Waals surface area contributed by atoms with Crippen LogP contribution in [0, 0.1) is 5.92 Å². The number of carbonyl (C=O) groups excluding carboxylic acids is 1. The van der Waals surface area contributed by atoms with Gasteiger partial charge in [-0.15, -0.1) is 0 Å². The summed E-state index contributed by atoms with van der Waals surface area (Å²) in [5.41, 5.74) is 0.132. The molecule has 0 unspecified atom stereocenters. The maximum absolute atomic E-state index is 12.3. The molecule has 1 saturated heterocycles. The molecule has 28 heavy (non-hydrogen) atoms. The smallest absolute Gasteiger partial charge is 0.410 e. The standard InChI is InChI=1S/C20H31NO6S/c1-16-12-18(14-21(13-16)19(22)27-20(2,3)4)25-10-11-26-28(23,24)15-17-8-6-5-7-9-17/h5-9,16,18H,10-15H2,1-4H3/t16-,18+/m1/s1. The third kappa shape index (κ3) is 8.16. The van der Waals surface area contributed by atoms with Crippen molar-refractivity contribution in [3.05, 3.63) is 35.9 Å². The highest BCUT2D eigenvalue weighted by atomic mass is 32.2. The van der Waals surface area contributed by atoms with Gasteiger partial charge in [0.1, 0.15) is 11.4 Å². The highest BCUT2D eigenvalue weighted by Gasteiger charge is 2.31. The van der Waals surface area contributed by atoms with Crippen LogP contribution in [0.5, 0.6) is 0 Å². The van der Waals surface area contributed by atoms with E-state index in [1.165, 1.54) is 0 Å². The summed E-state index contributed by atoms with van der Waals surface area (Å²) in [4.78, 5) is 13.9. The summed E-state index contributed by atoms with van der Waals surface area (Å²) in [5.74, 6) is 0.106. The Morgan fingerprint density at radius 2 is 1.82 bits per heavy atom. The fraction of sp³-hybridized carbons (Fsp3) is 0.650. The zero-order chi connectivity index (χ0) is 20.8. The van der Waals surface area contributed by atoms with E-state index in [2.05, 4.69) is 0 Å². The lowest BCUT2D eigenvalue weighted by molar-refractivity contribution is -0.0372. The predicted molar refractivity (Wildman–Crippen MR) is 106 cm³/mol. The van der Waals surface area contributed by atoms with Crippen LogP contribution in [0.1, 0.15) is 39.7 Å². The van der Waals surface area contributed by atoms with Crippen molar-refractivity contribution in [2.75, 3.05) is 26.3 Å². The molecule has 158 valence electrons. The molecule has 8 heteroatoms. The molecule has 1 fully saturated rings. The second-order valence-electron chi connectivity index (χ2n) is 8.23. The van der Waals surface area contributed by atoms with Crippen LogP contribution in [-0.2, 0) is 29.5 Å². The van der Waals surface area contributed by atoms with Crippen LogP contribution in [0.4, 0.5) is 4.79 Å². The van der Waals surface area contributed by atoms with Crippen molar-refractivity contribution in [3.63, 3.8) is 0 Å². The van der Waals surface area contributed by atoms with Crippen molar-refractivity contribution in [1.82, 2.24) is 4.90 Å². The molecule has 0 aliphatic carbocycles. The molecule has 1 heterocycles. The van der Waals surface area contributed by atoms with Crippen LogP contribution >= 0.6 is 0 Å². The minimum atomic E-state index is -3.66. The van der Waals surface area contributed by atoms with Gasteiger partial charge in [0.25, 0.3) is 10.1 Å². The summed E-state index contributed by atoms with van der Waals surface area (Å²) in [6.45, 7) is 8.69. The summed E-state index contributed by atoms with van der Waals surface area (Å²) in [7, 11) is -3.66. The predicted octanol–water partition coefficient (Wildman–Crippen LogP) is 3.20. The minimum absolute atomic E-state index is 0.0491. The number of likely N-dealkylation sites (tertiary alicyclic amines) is 1. The van der Waals surface area contributed by atoms with E-state index in [1.54, 1.807) is 29.2 Å². The van der Waals surface area contributed by atoms with E-state index in [-0.39, 0.29) is 37.1 Å². The second kappa shape index (κ2) is 9.71. The van der Waals surface area contributed by atoms with E-state index in [0.717, 1.165) is 6.42 Å². The van der Waals surface area contributed by atoms with Crippen molar-refractivity contribution in [1.29, 1.82) is 0 Å². The number of carbonyl (C=O) groups is 1. The van der Waals surface area contributed by atoms with Gasteiger partial charge in [0.2, 0.25) is 0 Å². The first kappa shape index (κ1) is 22.6. The van der Waals surface area contributed by atoms with Crippen molar-refractivity contribution in [2.45, 2.75) is 51.6 Å². The largest absolute Gasteiger partial charge is 0.444 e. The highest BCUT2D eigenvalue weighted by molar-refractivity contribution is 7.85. The monoisotopic (exact) mass is 413 g/mol. The molecule has 1 amide bonds. The zero-order valence-corrected chi connectivity index (χ0v) is 17.9. The van der Waals surface area contributed by atoms with Crippen molar-refractivity contribution >= 4 is 16.2 Å². The molecule has 0 spiro atoms. The van der Waals surface area contributed by atoms with Crippen LogP contribution < -0.4 is 0 Å². The summed E-state index contributed by atoms with van der Waals surface area (Å²) >= 11 is 0. The molecule has 2 rings (SSSR count). The SMILES string of the molecule is C[C@@H]1C[C@H](OCCOS(=O)(=O)Cc2ccccc2)CN(C(=O)OC(C)(C)C)C1. The number of hydrogen-bond donors (Lipinski definition) is 0. The molecule has 0 bridgehead atoms. The molecule has 0 N–H and O–H groups in total. The Hall–Kier alpha value is -1.64. The molecular formula is C20H31NO6S. The lowest BCUT2D eigenvalue weighted by Gasteiger charge is -2.37. The van der Waals surface area contributed by atoms with Crippen LogP contribution in [0.25, 0.3) is 0 Å². The molecule has 2 atom stereocenters. The number of ether oxygens (including phenoxy) is 2. The van der Waals surface area contributed by atoms with Gasteiger partial charge in [0, 0.05) is 6.54 Å². The molecular weight excluding hydrogens is 382 g/mol. The van der Waals surface area contributed by atoms with Crippen molar-refractivity contribution in [3.8, 4) is 0 Å². The van der Waals surface area contributed by atoms with E-state index in [9.17, 15) is 13.2 Å². The van der Waals surface area contributed by atoms with E-state index in [1.807, 2.05) is 33.8 Å². The highest BCUT2D eigenvalue weighted by Crippen LogP contribution is 2.21. The van der Waals surface area contributed by atoms with Crippen molar-refractivity contribution in [2.24, 2.45) is 5.92 Å². The Kier molecular flexibility index (Phi) is 7.86. The van der Waals surface area contributed by atoms with Gasteiger partial charge in [-0.1, -0.05) is 37.3 Å². The van der Waals surface area contributed by atoms with E-state index in [4.69, 9.17) is 13.7 Å². The zero-order valence-electron chi connectivity index (χ0n) is 17.1. The summed E-state index contributed by atoms with van der Waals surface area (Å²) in [6.07, 6.45) is 0.279. The van der Waals surface area contributed by atoms with E-state index < -0.39 is 15.7 Å². The molecule has 0 radical (unpaired) electrons. The molecule has 1 aliphatic rings. The number of benzene rings is 1. The fourth-order valence-corrected chi connectivity index (χ4v) is 4.09. The number of rotatable bonds is 7. The third-order valence-electron chi connectivity index (χ3n) is 4.16. The minimum Gasteiger partial charge on any atom is -0.444 e. The maximum Gasteiger partial charge on any atom is 0.410 e. The van der Waals surface area contributed by atoms with Gasteiger partial charge in [-0.2, -0.15) is 8.42 Å². The van der Waals surface area contributed by atoms with Gasteiger partial charge in [-0.25, -0.2) is 4.79 Å². The number of hydrogen-bond acceptors (Lipinski definition) is 6. The first-order chi connectivity index (χ1) is 13.0. The van der Waals surface area contributed by atoms with Crippen molar-refractivity contribution < 1.29 is 26.9 Å². The lowest BCUT2D eigenvalue weighted by Crippen LogP contribution is -2.48. The number of amides is 1.